The smallest absolute Gasteiger partial charge is 0.0519 e. The van der Waals surface area contributed by atoms with Gasteiger partial charge in [-0.1, -0.05) is 62.4 Å². The van der Waals surface area contributed by atoms with Crippen molar-refractivity contribution < 1.29 is 0 Å². The highest BCUT2D eigenvalue weighted by Gasteiger charge is 2.38. The molecule has 2 aromatic heterocycles. The number of nitrogens with one attached hydrogen (secondary N) is 1. The van der Waals surface area contributed by atoms with E-state index in [9.17, 15) is 0 Å². The molecule has 5 aromatic rings. The molecule has 0 amide bonds. The summed E-state index contributed by atoms with van der Waals surface area (Å²) in [5.74, 6) is 0. The molecule has 0 atom stereocenters. The van der Waals surface area contributed by atoms with E-state index in [0.717, 1.165) is 5.52 Å². The van der Waals surface area contributed by atoms with Gasteiger partial charge in [0.2, 0.25) is 0 Å². The third-order valence-corrected chi connectivity index (χ3v) is 6.06. The molecule has 1 N–H and O–H groups in total. The number of hydrogen-bond donors (Lipinski definition) is 1. The summed E-state index contributed by atoms with van der Waals surface area (Å²) in [6.45, 7) is 4.69. The topological polar surface area (TPSA) is 28.7 Å². The van der Waals surface area contributed by atoms with E-state index in [0.29, 0.717) is 0 Å². The van der Waals surface area contributed by atoms with Crippen molar-refractivity contribution in [3.8, 4) is 11.1 Å². The minimum Gasteiger partial charge on any atom is -0.354 e. The standard InChI is InChI=1S/C24H18N2/c1-24(2)18-10-6-5-9-16(18)20-14-7-3-4-8-15(14)21-17-13-25-12-11-19(17)26-23(21)22(20)24/h3-13,26H,1-2H3. The van der Waals surface area contributed by atoms with Crippen molar-refractivity contribution in [3.63, 3.8) is 0 Å². The zero-order chi connectivity index (χ0) is 17.5. The van der Waals surface area contributed by atoms with Gasteiger partial charge in [0, 0.05) is 34.1 Å². The summed E-state index contributed by atoms with van der Waals surface area (Å²) < 4.78 is 0. The van der Waals surface area contributed by atoms with Gasteiger partial charge in [-0.3, -0.25) is 4.98 Å². The fourth-order valence-electron chi connectivity index (χ4n) is 4.97. The molecular formula is C24H18N2. The molecule has 6 rings (SSSR count). The highest BCUT2D eigenvalue weighted by atomic mass is 14.7. The summed E-state index contributed by atoms with van der Waals surface area (Å²) in [4.78, 5) is 8.11. The van der Waals surface area contributed by atoms with Crippen LogP contribution in [0.4, 0.5) is 0 Å². The van der Waals surface area contributed by atoms with Gasteiger partial charge in [-0.2, -0.15) is 0 Å². The van der Waals surface area contributed by atoms with Crippen molar-refractivity contribution in [2.45, 2.75) is 19.3 Å². The largest absolute Gasteiger partial charge is 0.354 e. The Balaban J connectivity index is 1.98. The molecule has 26 heavy (non-hydrogen) atoms. The lowest BCUT2D eigenvalue weighted by atomic mass is 9.81. The van der Waals surface area contributed by atoms with Crippen LogP contribution >= 0.6 is 0 Å². The number of aromatic amines is 1. The van der Waals surface area contributed by atoms with Crippen LogP contribution in [0.2, 0.25) is 0 Å². The molecule has 0 radical (unpaired) electrons. The highest BCUT2D eigenvalue weighted by Crippen LogP contribution is 2.54. The summed E-state index contributed by atoms with van der Waals surface area (Å²) in [6.07, 6.45) is 3.85. The van der Waals surface area contributed by atoms with Crippen LogP contribution in [0.25, 0.3) is 43.7 Å². The molecule has 1 aliphatic rings. The van der Waals surface area contributed by atoms with E-state index < -0.39 is 0 Å². The van der Waals surface area contributed by atoms with Crippen LogP contribution in [0.1, 0.15) is 25.0 Å². The Bertz CT molecular complexity index is 1360. The van der Waals surface area contributed by atoms with Gasteiger partial charge >= 0.3 is 0 Å². The molecule has 0 saturated carbocycles. The van der Waals surface area contributed by atoms with Gasteiger partial charge in [0.05, 0.1) is 5.52 Å². The zero-order valence-corrected chi connectivity index (χ0v) is 14.8. The van der Waals surface area contributed by atoms with Crippen LogP contribution in [0.5, 0.6) is 0 Å². The fraction of sp³-hybridized carbons (Fsp3) is 0.125. The first-order valence-electron chi connectivity index (χ1n) is 9.08. The molecule has 2 heteroatoms. The van der Waals surface area contributed by atoms with Gasteiger partial charge in [-0.25, -0.2) is 0 Å². The van der Waals surface area contributed by atoms with Gasteiger partial charge in [0.25, 0.3) is 0 Å². The fourth-order valence-corrected chi connectivity index (χ4v) is 4.97. The third-order valence-electron chi connectivity index (χ3n) is 6.06. The Morgan fingerprint density at radius 1 is 0.846 bits per heavy atom. The lowest BCUT2D eigenvalue weighted by molar-refractivity contribution is 0.665. The van der Waals surface area contributed by atoms with Crippen molar-refractivity contribution in [2.24, 2.45) is 0 Å². The SMILES string of the molecule is CC1(C)c2ccccc2-c2c1c1[nH]c3ccncc3c1c1ccccc21. The second kappa shape index (κ2) is 4.53. The first-order valence-corrected chi connectivity index (χ1v) is 9.08. The monoisotopic (exact) mass is 334 g/mol. The summed E-state index contributed by atoms with van der Waals surface area (Å²) >= 11 is 0. The van der Waals surface area contributed by atoms with E-state index in [2.05, 4.69) is 78.4 Å². The first-order chi connectivity index (χ1) is 12.7. The van der Waals surface area contributed by atoms with Crippen LogP contribution in [0.15, 0.2) is 67.0 Å². The summed E-state index contributed by atoms with van der Waals surface area (Å²) in [7, 11) is 0. The lowest BCUT2D eigenvalue weighted by Gasteiger charge is -2.22. The predicted octanol–water partition coefficient (Wildman–Crippen LogP) is 6.18. The van der Waals surface area contributed by atoms with E-state index in [1.807, 2.05) is 12.4 Å². The predicted molar refractivity (Wildman–Crippen MR) is 109 cm³/mol. The van der Waals surface area contributed by atoms with Gasteiger partial charge < -0.3 is 4.98 Å². The molecule has 1 aliphatic carbocycles. The van der Waals surface area contributed by atoms with E-state index in [4.69, 9.17) is 0 Å². The Hall–Kier alpha value is -3.13. The maximum atomic E-state index is 4.39. The first kappa shape index (κ1) is 14.1. The van der Waals surface area contributed by atoms with Crippen molar-refractivity contribution in [1.29, 1.82) is 0 Å². The number of H-pyrrole nitrogens is 1. The number of rotatable bonds is 0. The second-order valence-electron chi connectivity index (χ2n) is 7.76. The number of nitrogens with zero attached hydrogens (tertiary/aromatic N) is 1. The zero-order valence-electron chi connectivity index (χ0n) is 14.8. The highest BCUT2D eigenvalue weighted by molar-refractivity contribution is 6.25. The molecule has 124 valence electrons. The summed E-state index contributed by atoms with van der Waals surface area (Å²) in [5, 5.41) is 5.13. The number of fused-ring (bicyclic) bond motifs is 10. The molecule has 0 spiro atoms. The van der Waals surface area contributed by atoms with Gasteiger partial charge in [0.1, 0.15) is 0 Å². The Morgan fingerprint density at radius 3 is 2.50 bits per heavy atom. The van der Waals surface area contributed by atoms with Gasteiger partial charge in [-0.05, 0) is 39.1 Å². The lowest BCUT2D eigenvalue weighted by Crippen LogP contribution is -2.15. The maximum Gasteiger partial charge on any atom is 0.0519 e. The van der Waals surface area contributed by atoms with Crippen LogP contribution in [-0.4, -0.2) is 9.97 Å². The second-order valence-corrected chi connectivity index (χ2v) is 7.76. The van der Waals surface area contributed by atoms with Crippen molar-refractivity contribution in [2.75, 3.05) is 0 Å². The Labute approximate surface area is 151 Å². The number of aromatic nitrogens is 2. The van der Waals surface area contributed by atoms with Gasteiger partial charge in [0.15, 0.2) is 0 Å². The van der Waals surface area contributed by atoms with Crippen molar-refractivity contribution in [1.82, 2.24) is 9.97 Å². The third kappa shape index (κ3) is 1.51. The molecule has 0 aliphatic heterocycles. The van der Waals surface area contributed by atoms with E-state index >= 15 is 0 Å². The van der Waals surface area contributed by atoms with E-state index in [-0.39, 0.29) is 5.41 Å². The van der Waals surface area contributed by atoms with Crippen molar-refractivity contribution in [3.05, 3.63) is 78.1 Å². The molecule has 2 heterocycles. The van der Waals surface area contributed by atoms with Crippen LogP contribution in [-0.2, 0) is 5.41 Å². The minimum atomic E-state index is -0.0392. The van der Waals surface area contributed by atoms with Crippen LogP contribution in [0.3, 0.4) is 0 Å². The molecular weight excluding hydrogens is 316 g/mol. The minimum absolute atomic E-state index is 0.0392. The number of hydrogen-bond acceptors (Lipinski definition) is 1. The summed E-state index contributed by atoms with van der Waals surface area (Å²) in [6, 6.07) is 19.7. The average molecular weight is 334 g/mol. The number of pyridine rings is 1. The van der Waals surface area contributed by atoms with Crippen LogP contribution < -0.4 is 0 Å². The summed E-state index contributed by atoms with van der Waals surface area (Å²) in [5.41, 5.74) is 7.93. The van der Waals surface area contributed by atoms with Crippen LogP contribution in [0, 0.1) is 0 Å². The molecule has 3 aromatic carbocycles. The quantitative estimate of drug-likeness (QED) is 0.360. The van der Waals surface area contributed by atoms with Crippen molar-refractivity contribution >= 4 is 32.6 Å². The normalized spacial score (nSPS) is 14.8. The van der Waals surface area contributed by atoms with E-state index in [1.165, 1.54) is 49.3 Å². The number of benzene rings is 3. The molecule has 2 nitrogen and oxygen atoms in total. The average Bonchev–Trinajstić information content (AvgIpc) is 3.16. The molecule has 0 fully saturated rings. The molecule has 0 saturated heterocycles. The maximum absolute atomic E-state index is 4.39. The molecule has 0 unspecified atom stereocenters. The Kier molecular flexibility index (Phi) is 2.45. The van der Waals surface area contributed by atoms with Gasteiger partial charge in [-0.15, -0.1) is 0 Å². The Morgan fingerprint density at radius 2 is 1.62 bits per heavy atom. The van der Waals surface area contributed by atoms with E-state index in [1.54, 1.807) is 0 Å². The molecule has 0 bridgehead atoms.